The Bertz CT molecular complexity index is 1280. The van der Waals surface area contributed by atoms with E-state index in [-0.39, 0.29) is 17.9 Å². The van der Waals surface area contributed by atoms with E-state index in [0.29, 0.717) is 32.0 Å². The zero-order valence-electron chi connectivity index (χ0n) is 15.2. The van der Waals surface area contributed by atoms with Crippen molar-refractivity contribution in [2.45, 2.75) is 13.5 Å². The third-order valence-electron chi connectivity index (χ3n) is 4.43. The smallest absolute Gasteiger partial charge is 0.354 e. The summed E-state index contributed by atoms with van der Waals surface area (Å²) < 4.78 is 21.6. The molecule has 0 bridgehead atoms. The van der Waals surface area contributed by atoms with Gasteiger partial charge < -0.3 is 4.74 Å². The largest absolute Gasteiger partial charge is 0.422 e. The zero-order chi connectivity index (χ0) is 20.5. The first-order valence-electron chi connectivity index (χ1n) is 8.63. The lowest BCUT2D eigenvalue weighted by Crippen LogP contribution is -2.21. The van der Waals surface area contributed by atoms with Gasteiger partial charge in [-0.25, -0.2) is 14.2 Å². The molecule has 0 aliphatic carbocycles. The summed E-state index contributed by atoms with van der Waals surface area (Å²) in [6.07, 6.45) is 1.37. The number of ether oxygens (including phenoxy) is 1. The predicted octanol–water partition coefficient (Wildman–Crippen LogP) is 4.94. The molecule has 4 aromatic rings. The number of hydrogen-bond donors (Lipinski definition) is 0. The molecule has 0 saturated carbocycles. The van der Waals surface area contributed by atoms with Crippen molar-refractivity contribution >= 4 is 43.5 Å². The normalized spacial score (nSPS) is 11.0. The minimum Gasteiger partial charge on any atom is -0.422 e. The fraction of sp³-hybridized carbons (Fsp3) is 0.0952. The van der Waals surface area contributed by atoms with E-state index in [2.05, 4.69) is 20.9 Å². The number of aryl methyl sites for hydroxylation is 1. The summed E-state index contributed by atoms with van der Waals surface area (Å²) >= 11 is 4.43. The molecule has 0 unspecified atom stereocenters. The second kappa shape index (κ2) is 7.88. The number of rotatable bonds is 4. The number of carbonyl (C=O) groups is 1. The summed E-state index contributed by atoms with van der Waals surface area (Å²) in [6, 6.07) is 13.1. The van der Waals surface area contributed by atoms with Crippen molar-refractivity contribution in [2.24, 2.45) is 0 Å². The van der Waals surface area contributed by atoms with Crippen LogP contribution in [0.4, 0.5) is 4.39 Å². The quantitative estimate of drug-likeness (QED) is 0.311. The highest BCUT2D eigenvalue weighted by Gasteiger charge is 2.21. The minimum absolute atomic E-state index is 0.0579. The average molecular weight is 473 g/mol. The van der Waals surface area contributed by atoms with Gasteiger partial charge in [0.05, 0.1) is 18.3 Å². The van der Waals surface area contributed by atoms with Crippen LogP contribution in [0, 0.1) is 12.7 Å². The molecular formula is C21H14BrFN2O3S. The summed E-state index contributed by atoms with van der Waals surface area (Å²) in [5.41, 5.74) is 0.570. The molecule has 4 rings (SSSR count). The van der Waals surface area contributed by atoms with Crippen LogP contribution < -0.4 is 10.3 Å². The minimum atomic E-state index is -0.548. The van der Waals surface area contributed by atoms with Gasteiger partial charge in [0.25, 0.3) is 5.56 Å². The lowest BCUT2D eigenvalue weighted by Gasteiger charge is -2.06. The SMILES string of the molecule is Cc1c(C(=O)Oc2ccc(Br)cc2)sc2ncn(Cc3ccccc3F)c(=O)c12. The number of aromatic nitrogens is 2. The van der Waals surface area contributed by atoms with E-state index >= 15 is 0 Å². The fourth-order valence-corrected chi connectivity index (χ4v) is 4.21. The van der Waals surface area contributed by atoms with E-state index in [4.69, 9.17) is 4.74 Å². The molecule has 0 saturated heterocycles. The topological polar surface area (TPSA) is 61.2 Å². The zero-order valence-corrected chi connectivity index (χ0v) is 17.6. The molecule has 29 heavy (non-hydrogen) atoms. The van der Waals surface area contributed by atoms with Crippen LogP contribution in [-0.4, -0.2) is 15.5 Å². The number of thiophene rings is 1. The van der Waals surface area contributed by atoms with Crippen LogP contribution in [0.1, 0.15) is 20.8 Å². The molecule has 0 fully saturated rings. The van der Waals surface area contributed by atoms with E-state index in [0.717, 1.165) is 15.8 Å². The summed E-state index contributed by atoms with van der Waals surface area (Å²) in [4.78, 5) is 30.6. The lowest BCUT2D eigenvalue weighted by molar-refractivity contribution is 0.0739. The average Bonchev–Trinajstić information content (AvgIpc) is 3.05. The second-order valence-corrected chi connectivity index (χ2v) is 8.26. The molecule has 2 heterocycles. The van der Waals surface area contributed by atoms with E-state index in [1.54, 1.807) is 49.4 Å². The number of nitrogens with zero attached hydrogens (tertiary/aromatic N) is 2. The maximum absolute atomic E-state index is 13.9. The molecule has 0 amide bonds. The Morgan fingerprint density at radius 1 is 1.21 bits per heavy atom. The maximum Gasteiger partial charge on any atom is 0.354 e. The van der Waals surface area contributed by atoms with Crippen molar-refractivity contribution in [3.05, 3.63) is 91.5 Å². The number of benzene rings is 2. The van der Waals surface area contributed by atoms with Crippen molar-refractivity contribution in [1.29, 1.82) is 0 Å². The molecular weight excluding hydrogens is 459 g/mol. The van der Waals surface area contributed by atoms with Gasteiger partial charge in [-0.15, -0.1) is 11.3 Å². The number of fused-ring (bicyclic) bond motifs is 1. The van der Waals surface area contributed by atoms with E-state index in [9.17, 15) is 14.0 Å². The molecule has 0 aliphatic rings. The molecule has 5 nitrogen and oxygen atoms in total. The summed E-state index contributed by atoms with van der Waals surface area (Å²) in [6.45, 7) is 1.75. The molecule has 146 valence electrons. The van der Waals surface area contributed by atoms with Crippen molar-refractivity contribution in [2.75, 3.05) is 0 Å². The first-order valence-corrected chi connectivity index (χ1v) is 10.2. The molecule has 0 radical (unpaired) electrons. The molecule has 0 aliphatic heterocycles. The van der Waals surface area contributed by atoms with Crippen LogP contribution in [-0.2, 0) is 6.54 Å². The first-order chi connectivity index (χ1) is 13.9. The van der Waals surface area contributed by atoms with Crippen LogP contribution in [0.3, 0.4) is 0 Å². The standard InChI is InChI=1S/C21H14BrFN2O3S/c1-12-17-19(29-18(12)21(27)28-15-8-6-14(22)7-9-15)24-11-25(20(17)26)10-13-4-2-3-5-16(13)23/h2-9,11H,10H2,1H3. The highest BCUT2D eigenvalue weighted by Crippen LogP contribution is 2.28. The van der Waals surface area contributed by atoms with Crippen LogP contribution in [0.2, 0.25) is 0 Å². The Hall–Kier alpha value is -2.84. The first kappa shape index (κ1) is 19.5. The summed E-state index contributed by atoms with van der Waals surface area (Å²) in [5, 5.41) is 0.344. The highest BCUT2D eigenvalue weighted by atomic mass is 79.9. The van der Waals surface area contributed by atoms with E-state index in [1.807, 2.05) is 0 Å². The van der Waals surface area contributed by atoms with Crippen molar-refractivity contribution in [3.63, 3.8) is 0 Å². The lowest BCUT2D eigenvalue weighted by atomic mass is 10.2. The van der Waals surface area contributed by atoms with Gasteiger partial charge in [-0.05, 0) is 42.8 Å². The van der Waals surface area contributed by atoms with Gasteiger partial charge in [-0.1, -0.05) is 34.1 Å². The van der Waals surface area contributed by atoms with Crippen molar-refractivity contribution in [1.82, 2.24) is 9.55 Å². The summed E-state index contributed by atoms with van der Waals surface area (Å²) in [5.74, 6) is -0.534. The van der Waals surface area contributed by atoms with Crippen molar-refractivity contribution in [3.8, 4) is 5.75 Å². The Labute approximate surface area is 177 Å². The Kier molecular flexibility index (Phi) is 5.29. The predicted molar refractivity (Wildman–Crippen MR) is 113 cm³/mol. The second-order valence-electron chi connectivity index (χ2n) is 6.35. The molecule has 0 spiro atoms. The molecule has 0 N–H and O–H groups in total. The van der Waals surface area contributed by atoms with E-state index in [1.165, 1.54) is 17.0 Å². The van der Waals surface area contributed by atoms with Crippen LogP contribution in [0.25, 0.3) is 10.2 Å². The Morgan fingerprint density at radius 2 is 1.93 bits per heavy atom. The number of halogens is 2. The van der Waals surface area contributed by atoms with Gasteiger partial charge >= 0.3 is 5.97 Å². The van der Waals surface area contributed by atoms with Gasteiger partial charge in [0.2, 0.25) is 0 Å². The third-order valence-corrected chi connectivity index (χ3v) is 6.13. The maximum atomic E-state index is 13.9. The van der Waals surface area contributed by atoms with Gasteiger partial charge in [-0.2, -0.15) is 0 Å². The van der Waals surface area contributed by atoms with Crippen LogP contribution in [0.5, 0.6) is 5.75 Å². The monoisotopic (exact) mass is 472 g/mol. The van der Waals surface area contributed by atoms with Crippen LogP contribution >= 0.6 is 27.3 Å². The van der Waals surface area contributed by atoms with Gasteiger partial charge in [0.15, 0.2) is 0 Å². The van der Waals surface area contributed by atoms with Crippen molar-refractivity contribution < 1.29 is 13.9 Å². The van der Waals surface area contributed by atoms with Gasteiger partial charge in [0, 0.05) is 10.0 Å². The Balaban J connectivity index is 1.69. The van der Waals surface area contributed by atoms with Gasteiger partial charge in [-0.3, -0.25) is 9.36 Å². The molecule has 2 aromatic heterocycles. The molecule has 8 heteroatoms. The highest BCUT2D eigenvalue weighted by molar-refractivity contribution is 9.10. The number of hydrogen-bond acceptors (Lipinski definition) is 5. The number of carbonyl (C=O) groups excluding carboxylic acids is 1. The Morgan fingerprint density at radius 3 is 2.66 bits per heavy atom. The summed E-state index contributed by atoms with van der Waals surface area (Å²) in [7, 11) is 0. The van der Waals surface area contributed by atoms with Crippen LogP contribution in [0.15, 0.2) is 64.1 Å². The van der Waals surface area contributed by atoms with Gasteiger partial charge in [0.1, 0.15) is 21.3 Å². The third kappa shape index (κ3) is 3.86. The molecule has 2 aromatic carbocycles. The fourth-order valence-electron chi connectivity index (χ4n) is 2.93. The van der Waals surface area contributed by atoms with E-state index < -0.39 is 5.97 Å². The molecule has 0 atom stereocenters. The number of esters is 1.